The number of benzene rings is 2. The van der Waals surface area contributed by atoms with Gasteiger partial charge in [-0.2, -0.15) is 0 Å². The average Bonchev–Trinajstić information content (AvgIpc) is 2.98. The van der Waals surface area contributed by atoms with Crippen molar-refractivity contribution in [1.29, 1.82) is 0 Å². The normalized spacial score (nSPS) is 11.6. The molecule has 0 aliphatic rings. The molecule has 0 aliphatic carbocycles. The molecule has 2 rings (SSSR count). The van der Waals surface area contributed by atoms with E-state index in [2.05, 4.69) is 0 Å². The Morgan fingerprint density at radius 1 is 0.512 bits per heavy atom. The van der Waals surface area contributed by atoms with Gasteiger partial charge >= 0.3 is 0 Å². The van der Waals surface area contributed by atoms with Gasteiger partial charge in [0.1, 0.15) is 24.7 Å². The van der Waals surface area contributed by atoms with E-state index in [1.165, 1.54) is 18.2 Å². The Morgan fingerprint density at radius 2 is 0.976 bits per heavy atom. The molecule has 3 N–H and O–H groups in total. The van der Waals surface area contributed by atoms with Gasteiger partial charge < -0.3 is 48.5 Å². The Labute approximate surface area is 241 Å². The molecule has 2 aromatic carbocycles. The zero-order chi connectivity index (χ0) is 29.6. The van der Waals surface area contributed by atoms with Crippen LogP contribution in [0.3, 0.4) is 0 Å². The van der Waals surface area contributed by atoms with Crippen molar-refractivity contribution in [1.82, 2.24) is 0 Å². The molecule has 41 heavy (non-hydrogen) atoms. The zero-order valence-electron chi connectivity index (χ0n) is 23.3. The van der Waals surface area contributed by atoms with E-state index in [0.717, 1.165) is 0 Å². The maximum absolute atomic E-state index is 13.4. The molecule has 0 spiro atoms. The highest BCUT2D eigenvalue weighted by Gasteiger charge is 2.20. The molecule has 0 heterocycles. The molecule has 0 bridgehead atoms. The quantitative estimate of drug-likeness (QED) is 0.138. The van der Waals surface area contributed by atoms with E-state index >= 15 is 0 Å². The van der Waals surface area contributed by atoms with Gasteiger partial charge in [0.15, 0.2) is 0 Å². The molecule has 0 aromatic heterocycles. The summed E-state index contributed by atoms with van der Waals surface area (Å²) in [5, 5.41) is 26.3. The smallest absolute Gasteiger partial charge is 0.206 e. The van der Waals surface area contributed by atoms with Crippen molar-refractivity contribution in [3.8, 4) is 11.5 Å². The lowest BCUT2D eigenvalue weighted by atomic mass is 10.1. The highest BCUT2D eigenvalue weighted by molar-refractivity contribution is 7.91. The van der Waals surface area contributed by atoms with E-state index < -0.39 is 9.84 Å². The Bertz CT molecular complexity index is 1050. The Morgan fingerprint density at radius 3 is 1.54 bits per heavy atom. The molecular formula is C28H42O12S. The largest absolute Gasteiger partial charge is 0.491 e. The molecule has 0 aliphatic heterocycles. The van der Waals surface area contributed by atoms with Crippen molar-refractivity contribution in [3.05, 3.63) is 48.0 Å². The summed E-state index contributed by atoms with van der Waals surface area (Å²) in [5.74, 6) is 1.03. The summed E-state index contributed by atoms with van der Waals surface area (Å²) < 4.78 is 64.6. The molecule has 0 fully saturated rings. The first-order chi connectivity index (χ1) is 20.0. The van der Waals surface area contributed by atoms with Gasteiger partial charge in [-0.05, 0) is 54.4 Å². The highest BCUT2D eigenvalue weighted by Crippen LogP contribution is 2.28. The standard InChI is InChI=1S/C28H42O12S/c29-8-12-34-11-7-24-23-27(5-6-28(24)40-22-20-38-18-16-36-14-10-31)41(32,33)26-3-1-25(2-4-26)39-21-19-37-17-15-35-13-9-30/h1-6,23,29-31H,7-22H2. The second-order valence-corrected chi connectivity index (χ2v) is 10.4. The fourth-order valence-electron chi connectivity index (χ4n) is 3.46. The number of rotatable bonds is 25. The molecule has 0 saturated carbocycles. The topological polar surface area (TPSA) is 159 Å². The lowest BCUT2D eigenvalue weighted by Crippen LogP contribution is -2.13. The lowest BCUT2D eigenvalue weighted by Gasteiger charge is -2.14. The fraction of sp³-hybridized carbons (Fsp3) is 0.571. The summed E-state index contributed by atoms with van der Waals surface area (Å²) in [6.45, 7) is 3.50. The van der Waals surface area contributed by atoms with Gasteiger partial charge in [0.25, 0.3) is 0 Å². The van der Waals surface area contributed by atoms with Gasteiger partial charge in [0, 0.05) is 0 Å². The van der Waals surface area contributed by atoms with E-state index in [1.807, 2.05) is 0 Å². The number of aliphatic hydroxyl groups is 3. The third-order valence-electron chi connectivity index (χ3n) is 5.42. The van der Waals surface area contributed by atoms with E-state index in [9.17, 15) is 8.42 Å². The monoisotopic (exact) mass is 602 g/mol. The van der Waals surface area contributed by atoms with Gasteiger partial charge in [0.05, 0.1) is 95.7 Å². The Hall–Kier alpha value is -2.33. The molecule has 0 radical (unpaired) electrons. The van der Waals surface area contributed by atoms with Crippen LogP contribution in [0.5, 0.6) is 11.5 Å². The minimum absolute atomic E-state index is 0.0308. The van der Waals surface area contributed by atoms with Crippen LogP contribution < -0.4 is 9.47 Å². The van der Waals surface area contributed by atoms with Crippen LogP contribution in [0.25, 0.3) is 0 Å². The second kappa shape index (κ2) is 21.4. The van der Waals surface area contributed by atoms with Crippen molar-refractivity contribution in [2.45, 2.75) is 16.2 Å². The second-order valence-electron chi connectivity index (χ2n) is 8.42. The zero-order valence-corrected chi connectivity index (χ0v) is 24.1. The Balaban J connectivity index is 1.95. The minimum Gasteiger partial charge on any atom is -0.491 e. The minimum atomic E-state index is -3.82. The molecule has 12 nitrogen and oxygen atoms in total. The van der Waals surface area contributed by atoms with E-state index in [-0.39, 0.29) is 69.3 Å². The van der Waals surface area contributed by atoms with Crippen LogP contribution in [0.2, 0.25) is 0 Å². The van der Waals surface area contributed by atoms with Crippen molar-refractivity contribution in [2.24, 2.45) is 0 Å². The molecule has 232 valence electrons. The van der Waals surface area contributed by atoms with E-state index in [1.54, 1.807) is 24.3 Å². The molecule has 2 aromatic rings. The van der Waals surface area contributed by atoms with Crippen LogP contribution in [0, 0.1) is 0 Å². The van der Waals surface area contributed by atoms with Crippen molar-refractivity contribution in [3.63, 3.8) is 0 Å². The summed E-state index contributed by atoms with van der Waals surface area (Å²) in [4.78, 5) is 0.236. The van der Waals surface area contributed by atoms with Crippen LogP contribution in [0.4, 0.5) is 0 Å². The summed E-state index contributed by atoms with van der Waals surface area (Å²) in [5.41, 5.74) is 0.650. The number of hydrogen-bond acceptors (Lipinski definition) is 12. The van der Waals surface area contributed by atoms with Crippen LogP contribution >= 0.6 is 0 Å². The SMILES string of the molecule is O=S(=O)(c1ccc(OCCOCCOCCO)cc1)c1ccc(OCCOCCOCCO)c(CCOCCO)c1. The fourth-order valence-corrected chi connectivity index (χ4v) is 4.77. The maximum atomic E-state index is 13.4. The van der Waals surface area contributed by atoms with Gasteiger partial charge in [0.2, 0.25) is 9.84 Å². The molecular weight excluding hydrogens is 560 g/mol. The van der Waals surface area contributed by atoms with E-state index in [0.29, 0.717) is 63.1 Å². The number of ether oxygens (including phenoxy) is 7. The van der Waals surface area contributed by atoms with Gasteiger partial charge in [-0.3, -0.25) is 0 Å². The molecule has 13 heteroatoms. The van der Waals surface area contributed by atoms with Gasteiger partial charge in [-0.15, -0.1) is 0 Å². The predicted octanol–water partition coefficient (Wildman–Crippen LogP) is 0.879. The molecule has 0 saturated heterocycles. The van der Waals surface area contributed by atoms with Crippen LogP contribution in [-0.4, -0.2) is 123 Å². The predicted molar refractivity (Wildman–Crippen MR) is 148 cm³/mol. The van der Waals surface area contributed by atoms with E-state index in [4.69, 9.17) is 48.5 Å². The van der Waals surface area contributed by atoms with Crippen LogP contribution in [0.1, 0.15) is 5.56 Å². The number of sulfone groups is 1. The third-order valence-corrected chi connectivity index (χ3v) is 7.19. The van der Waals surface area contributed by atoms with Gasteiger partial charge in [-0.25, -0.2) is 8.42 Å². The maximum Gasteiger partial charge on any atom is 0.206 e. The molecule has 0 unspecified atom stereocenters. The highest BCUT2D eigenvalue weighted by atomic mass is 32.2. The first-order valence-corrected chi connectivity index (χ1v) is 15.0. The number of aliphatic hydroxyl groups excluding tert-OH is 3. The van der Waals surface area contributed by atoms with Crippen LogP contribution in [-0.2, 0) is 39.9 Å². The summed E-state index contributed by atoms with van der Waals surface area (Å²) in [7, 11) is -3.82. The summed E-state index contributed by atoms with van der Waals surface area (Å²) in [6.07, 6.45) is 0.386. The average molecular weight is 603 g/mol. The lowest BCUT2D eigenvalue weighted by molar-refractivity contribution is 0.0246. The number of hydrogen-bond donors (Lipinski definition) is 3. The van der Waals surface area contributed by atoms with Crippen molar-refractivity contribution < 1.29 is 56.9 Å². The molecule has 0 atom stereocenters. The van der Waals surface area contributed by atoms with Crippen LogP contribution in [0.15, 0.2) is 52.3 Å². The third kappa shape index (κ3) is 13.9. The van der Waals surface area contributed by atoms with Crippen molar-refractivity contribution in [2.75, 3.05) is 99.1 Å². The van der Waals surface area contributed by atoms with Gasteiger partial charge in [-0.1, -0.05) is 0 Å². The Kier molecular flexibility index (Phi) is 18.2. The first kappa shape index (κ1) is 34.9. The molecule has 0 amide bonds. The summed E-state index contributed by atoms with van der Waals surface area (Å²) >= 11 is 0. The summed E-state index contributed by atoms with van der Waals surface area (Å²) in [6, 6.07) is 10.8. The first-order valence-electron chi connectivity index (χ1n) is 13.5. The van der Waals surface area contributed by atoms with Crippen molar-refractivity contribution >= 4 is 9.84 Å².